The number of nitrogens with one attached hydrogen (secondary N) is 1. The highest BCUT2D eigenvalue weighted by Gasteiger charge is 2.18. The van der Waals surface area contributed by atoms with Gasteiger partial charge in [-0.25, -0.2) is 27.1 Å². The van der Waals surface area contributed by atoms with E-state index in [-0.39, 0.29) is 15.6 Å². The Morgan fingerprint density at radius 3 is 2.46 bits per heavy atom. The molecule has 0 atom stereocenters. The summed E-state index contributed by atoms with van der Waals surface area (Å²) in [5.74, 6) is -4.48. The highest BCUT2D eigenvalue weighted by molar-refractivity contribution is 7.89. The van der Waals surface area contributed by atoms with Gasteiger partial charge in [-0.15, -0.1) is 0 Å². The third kappa shape index (κ3) is 4.97. The van der Waals surface area contributed by atoms with Crippen molar-refractivity contribution in [2.45, 2.75) is 4.90 Å². The van der Waals surface area contributed by atoms with Gasteiger partial charge in [-0.3, -0.25) is 4.79 Å². The van der Waals surface area contributed by atoms with Crippen molar-refractivity contribution in [2.24, 2.45) is 5.14 Å². The normalized spacial score (nSPS) is 11.1. The highest BCUT2D eigenvalue weighted by atomic mass is 35.5. The zero-order valence-electron chi connectivity index (χ0n) is 12.8. The van der Waals surface area contributed by atoms with Crippen LogP contribution in [-0.4, -0.2) is 26.9 Å². The maximum atomic E-state index is 13.2. The van der Waals surface area contributed by atoms with E-state index in [1.807, 2.05) is 0 Å². The fourth-order valence-electron chi connectivity index (χ4n) is 1.84. The molecule has 0 aromatic heterocycles. The number of esters is 1. The van der Waals surface area contributed by atoms with Gasteiger partial charge in [0.1, 0.15) is 0 Å². The van der Waals surface area contributed by atoms with Crippen LogP contribution in [0.3, 0.4) is 0 Å². The topological polar surface area (TPSA) is 116 Å². The molecule has 2 rings (SSSR count). The summed E-state index contributed by atoms with van der Waals surface area (Å²) in [5, 5.41) is 6.89. The Morgan fingerprint density at radius 2 is 1.81 bits per heavy atom. The molecule has 0 spiro atoms. The summed E-state index contributed by atoms with van der Waals surface area (Å²) in [5.41, 5.74) is -0.349. The Bertz CT molecular complexity index is 982. The SMILES string of the molecule is NS(=O)(=O)c1cccc(NC(=O)COC(=O)c2cc(F)c(F)cc2Cl)c1. The van der Waals surface area contributed by atoms with Gasteiger partial charge in [-0.05, 0) is 30.3 Å². The molecule has 26 heavy (non-hydrogen) atoms. The zero-order chi connectivity index (χ0) is 19.5. The Labute approximate surface area is 151 Å². The van der Waals surface area contributed by atoms with E-state index in [2.05, 4.69) is 10.1 Å². The molecule has 0 saturated carbocycles. The summed E-state index contributed by atoms with van der Waals surface area (Å²) >= 11 is 5.62. The van der Waals surface area contributed by atoms with E-state index in [0.29, 0.717) is 12.1 Å². The molecule has 2 aromatic carbocycles. The van der Waals surface area contributed by atoms with Gasteiger partial charge in [0.25, 0.3) is 5.91 Å². The van der Waals surface area contributed by atoms with Crippen LogP contribution in [0.25, 0.3) is 0 Å². The lowest BCUT2D eigenvalue weighted by Crippen LogP contribution is -2.21. The third-order valence-corrected chi connectivity index (χ3v) is 4.23. The predicted molar refractivity (Wildman–Crippen MR) is 88.1 cm³/mol. The van der Waals surface area contributed by atoms with E-state index < -0.39 is 45.7 Å². The number of primary sulfonamides is 1. The van der Waals surface area contributed by atoms with Crippen LogP contribution in [0, 0.1) is 11.6 Å². The van der Waals surface area contributed by atoms with Crippen LogP contribution >= 0.6 is 11.6 Å². The van der Waals surface area contributed by atoms with Crippen LogP contribution in [0.15, 0.2) is 41.3 Å². The predicted octanol–water partition coefficient (Wildman–Crippen LogP) is 2.06. The lowest BCUT2D eigenvalue weighted by atomic mass is 10.2. The third-order valence-electron chi connectivity index (χ3n) is 3.01. The van der Waals surface area contributed by atoms with Gasteiger partial charge >= 0.3 is 5.97 Å². The van der Waals surface area contributed by atoms with E-state index in [1.54, 1.807) is 0 Å². The summed E-state index contributed by atoms with van der Waals surface area (Å²) in [6.45, 7) is -0.770. The smallest absolute Gasteiger partial charge is 0.340 e. The fourth-order valence-corrected chi connectivity index (χ4v) is 2.62. The molecule has 0 bridgehead atoms. The van der Waals surface area contributed by atoms with Gasteiger partial charge in [0.05, 0.1) is 15.5 Å². The molecule has 0 fully saturated rings. The summed E-state index contributed by atoms with van der Waals surface area (Å²) in [6, 6.07) is 6.24. The van der Waals surface area contributed by atoms with Gasteiger partial charge in [0.2, 0.25) is 10.0 Å². The Balaban J connectivity index is 2.01. The number of anilines is 1. The molecule has 1 amide bonds. The number of carbonyl (C=O) groups excluding carboxylic acids is 2. The molecule has 7 nitrogen and oxygen atoms in total. The minimum Gasteiger partial charge on any atom is -0.452 e. The molecule has 11 heteroatoms. The van der Waals surface area contributed by atoms with Gasteiger partial charge in [-0.2, -0.15) is 0 Å². The van der Waals surface area contributed by atoms with Crippen molar-refractivity contribution >= 4 is 39.2 Å². The van der Waals surface area contributed by atoms with Crippen molar-refractivity contribution in [1.82, 2.24) is 0 Å². The number of rotatable bonds is 5. The van der Waals surface area contributed by atoms with E-state index in [9.17, 15) is 26.8 Å². The molecule has 0 unspecified atom stereocenters. The van der Waals surface area contributed by atoms with Crippen molar-refractivity contribution in [3.63, 3.8) is 0 Å². The van der Waals surface area contributed by atoms with E-state index in [0.717, 1.165) is 6.07 Å². The van der Waals surface area contributed by atoms with Crippen molar-refractivity contribution < 1.29 is 31.5 Å². The summed E-state index contributed by atoms with van der Waals surface area (Å²) in [4.78, 5) is 23.4. The lowest BCUT2D eigenvalue weighted by Gasteiger charge is -2.08. The minimum absolute atomic E-state index is 0.100. The first-order valence-electron chi connectivity index (χ1n) is 6.82. The second kappa shape index (κ2) is 7.77. The first-order valence-corrected chi connectivity index (χ1v) is 8.75. The van der Waals surface area contributed by atoms with Crippen LogP contribution in [0.2, 0.25) is 5.02 Å². The maximum absolute atomic E-state index is 13.2. The average molecular weight is 405 g/mol. The van der Waals surface area contributed by atoms with Gasteiger partial charge in [-0.1, -0.05) is 17.7 Å². The van der Waals surface area contributed by atoms with Crippen molar-refractivity contribution in [3.05, 3.63) is 58.6 Å². The number of hydrogen-bond donors (Lipinski definition) is 2. The van der Waals surface area contributed by atoms with E-state index >= 15 is 0 Å². The number of amides is 1. The quantitative estimate of drug-likeness (QED) is 0.584. The molecular weight excluding hydrogens is 394 g/mol. The Morgan fingerprint density at radius 1 is 1.15 bits per heavy atom. The number of halogens is 3. The van der Waals surface area contributed by atoms with Gasteiger partial charge in [0, 0.05) is 5.69 Å². The molecule has 138 valence electrons. The van der Waals surface area contributed by atoms with Crippen molar-refractivity contribution in [1.29, 1.82) is 0 Å². The number of hydrogen-bond acceptors (Lipinski definition) is 5. The lowest BCUT2D eigenvalue weighted by molar-refractivity contribution is -0.119. The summed E-state index contributed by atoms with van der Waals surface area (Å²) in [7, 11) is -3.95. The molecule has 0 aliphatic rings. The van der Waals surface area contributed by atoms with Crippen molar-refractivity contribution in [2.75, 3.05) is 11.9 Å². The number of ether oxygens (including phenoxy) is 1. The molecular formula is C15H11ClF2N2O5S. The van der Waals surface area contributed by atoms with Gasteiger partial charge < -0.3 is 10.1 Å². The summed E-state index contributed by atoms with van der Waals surface area (Å²) < 4.78 is 53.3. The second-order valence-electron chi connectivity index (χ2n) is 4.94. The van der Waals surface area contributed by atoms with Crippen LogP contribution in [0.4, 0.5) is 14.5 Å². The first-order chi connectivity index (χ1) is 12.1. The maximum Gasteiger partial charge on any atom is 0.340 e. The fraction of sp³-hybridized carbons (Fsp3) is 0.0667. The minimum atomic E-state index is -3.95. The zero-order valence-corrected chi connectivity index (χ0v) is 14.4. The molecule has 2 aromatic rings. The average Bonchev–Trinajstić information content (AvgIpc) is 2.55. The highest BCUT2D eigenvalue weighted by Crippen LogP contribution is 2.21. The Kier molecular flexibility index (Phi) is 5.90. The summed E-state index contributed by atoms with van der Waals surface area (Å²) in [6.07, 6.45) is 0. The second-order valence-corrected chi connectivity index (χ2v) is 6.91. The molecule has 0 heterocycles. The Hall–Kier alpha value is -2.56. The molecule has 0 saturated heterocycles. The van der Waals surface area contributed by atoms with Crippen LogP contribution < -0.4 is 10.5 Å². The number of benzene rings is 2. The van der Waals surface area contributed by atoms with Gasteiger partial charge in [0.15, 0.2) is 18.2 Å². The number of sulfonamides is 1. The number of carbonyl (C=O) groups is 2. The molecule has 3 N–H and O–H groups in total. The van der Waals surface area contributed by atoms with Crippen molar-refractivity contribution in [3.8, 4) is 0 Å². The number of nitrogens with two attached hydrogens (primary N) is 1. The van der Waals surface area contributed by atoms with E-state index in [1.165, 1.54) is 18.2 Å². The molecule has 0 radical (unpaired) electrons. The van der Waals surface area contributed by atoms with E-state index in [4.69, 9.17) is 16.7 Å². The molecule has 0 aliphatic heterocycles. The van der Waals surface area contributed by atoms with Crippen LogP contribution in [0.1, 0.15) is 10.4 Å². The first kappa shape index (κ1) is 19.8. The standard InChI is InChI=1S/C15H11ClF2N2O5S/c16-11-6-13(18)12(17)5-10(11)15(22)25-7-14(21)20-8-2-1-3-9(4-8)26(19,23)24/h1-6H,7H2,(H,20,21)(H2,19,23,24). The largest absolute Gasteiger partial charge is 0.452 e. The monoisotopic (exact) mass is 404 g/mol. The molecule has 0 aliphatic carbocycles. The van der Waals surface area contributed by atoms with Crippen LogP contribution in [0.5, 0.6) is 0 Å². The van der Waals surface area contributed by atoms with Crippen LogP contribution in [-0.2, 0) is 19.6 Å².